The molecule has 13 heavy (non-hydrogen) atoms. The van der Waals surface area contributed by atoms with E-state index in [1.165, 1.54) is 10.7 Å². The minimum absolute atomic E-state index is 0.0602. The summed E-state index contributed by atoms with van der Waals surface area (Å²) in [6.45, 7) is -0.0602. The van der Waals surface area contributed by atoms with Crippen LogP contribution in [0.4, 0.5) is 5.82 Å². The highest BCUT2D eigenvalue weighted by Crippen LogP contribution is 2.05. The van der Waals surface area contributed by atoms with Crippen molar-refractivity contribution in [3.05, 3.63) is 11.8 Å². The first-order valence-electron chi connectivity index (χ1n) is 3.55. The van der Waals surface area contributed by atoms with E-state index in [1.807, 2.05) is 0 Å². The summed E-state index contributed by atoms with van der Waals surface area (Å²) in [6, 6.07) is 1.43. The number of nitrogens with two attached hydrogens (primary N) is 1. The molecule has 1 heterocycles. The Kier molecular flexibility index (Phi) is 2.55. The minimum Gasteiger partial charge on any atom is -0.448 e. The highest BCUT2D eigenvalue weighted by molar-refractivity contribution is 5.88. The van der Waals surface area contributed by atoms with Gasteiger partial charge in [-0.05, 0) is 0 Å². The normalized spacial score (nSPS) is 9.23. The van der Waals surface area contributed by atoms with E-state index < -0.39 is 5.97 Å². The number of carbonyl (C=O) groups is 1. The summed E-state index contributed by atoms with van der Waals surface area (Å²) < 4.78 is 6.02. The number of rotatable bonds is 2. The lowest BCUT2D eigenvalue weighted by Crippen LogP contribution is -2.06. The molecule has 0 aliphatic carbocycles. The molecule has 0 aliphatic heterocycles. The van der Waals surface area contributed by atoms with Crippen LogP contribution in [0.5, 0.6) is 0 Å². The van der Waals surface area contributed by atoms with E-state index in [2.05, 4.69) is 15.8 Å². The summed E-state index contributed by atoms with van der Waals surface area (Å²) in [5.41, 5.74) is 5.62. The average molecular weight is 179 g/mol. The summed E-state index contributed by atoms with van der Waals surface area (Å²) in [5.74, 6) is 2.01. The van der Waals surface area contributed by atoms with E-state index in [1.54, 1.807) is 7.05 Å². The Bertz CT molecular complexity index is 342. The van der Waals surface area contributed by atoms with Gasteiger partial charge in [-0.2, -0.15) is 5.10 Å². The molecular weight excluding hydrogens is 170 g/mol. The monoisotopic (exact) mass is 179 g/mol. The molecule has 2 N–H and O–H groups in total. The van der Waals surface area contributed by atoms with Gasteiger partial charge in [0.05, 0.1) is 0 Å². The molecule has 1 aromatic heterocycles. The molecule has 0 saturated carbocycles. The van der Waals surface area contributed by atoms with E-state index in [9.17, 15) is 4.79 Å². The van der Waals surface area contributed by atoms with Crippen molar-refractivity contribution >= 4 is 11.8 Å². The van der Waals surface area contributed by atoms with Crippen molar-refractivity contribution in [2.45, 2.75) is 0 Å². The summed E-state index contributed by atoms with van der Waals surface area (Å²) in [6.07, 6.45) is 4.91. The van der Waals surface area contributed by atoms with E-state index >= 15 is 0 Å². The van der Waals surface area contributed by atoms with Gasteiger partial charge >= 0.3 is 5.97 Å². The van der Waals surface area contributed by atoms with Gasteiger partial charge in [0.1, 0.15) is 5.82 Å². The van der Waals surface area contributed by atoms with Gasteiger partial charge in [-0.25, -0.2) is 4.79 Å². The number of carbonyl (C=O) groups excluding carboxylic acids is 1. The van der Waals surface area contributed by atoms with Crippen LogP contribution in [-0.2, 0) is 11.8 Å². The molecule has 5 nitrogen and oxygen atoms in total. The molecule has 0 bridgehead atoms. The molecule has 0 radical (unpaired) electrons. The molecule has 1 rings (SSSR count). The molecule has 0 amide bonds. The zero-order valence-corrected chi connectivity index (χ0v) is 7.15. The Labute approximate surface area is 75.5 Å². The molecule has 5 heteroatoms. The maximum Gasteiger partial charge on any atom is 0.359 e. The second-order valence-corrected chi connectivity index (χ2v) is 2.36. The van der Waals surface area contributed by atoms with E-state index in [0.717, 1.165) is 0 Å². The predicted molar refractivity (Wildman–Crippen MR) is 46.7 cm³/mol. The highest BCUT2D eigenvalue weighted by Gasteiger charge is 2.11. The molecule has 0 atom stereocenters. The van der Waals surface area contributed by atoms with Crippen LogP contribution in [0.25, 0.3) is 0 Å². The molecule has 0 unspecified atom stereocenters. The Morgan fingerprint density at radius 3 is 3.08 bits per heavy atom. The average Bonchev–Trinajstić information content (AvgIpc) is 2.43. The summed E-state index contributed by atoms with van der Waals surface area (Å²) in [4.78, 5) is 11.1. The molecule has 0 spiro atoms. The van der Waals surface area contributed by atoms with Crippen molar-refractivity contribution in [2.24, 2.45) is 7.05 Å². The standard InChI is InChI=1S/C8H9N3O2/c1-3-4-13-8(12)6-5-7(9)11(2)10-6/h1,5H,4,9H2,2H3. The van der Waals surface area contributed by atoms with Crippen LogP contribution in [0.2, 0.25) is 0 Å². The lowest BCUT2D eigenvalue weighted by atomic mass is 10.4. The molecule has 1 aromatic rings. The summed E-state index contributed by atoms with van der Waals surface area (Å²) in [5, 5.41) is 3.81. The van der Waals surface area contributed by atoms with Crippen molar-refractivity contribution < 1.29 is 9.53 Å². The first kappa shape index (κ1) is 9.13. The molecule has 0 aromatic carbocycles. The summed E-state index contributed by atoms with van der Waals surface area (Å²) in [7, 11) is 1.63. The van der Waals surface area contributed by atoms with Gasteiger partial charge in [-0.3, -0.25) is 4.68 Å². The quantitative estimate of drug-likeness (QED) is 0.504. The third kappa shape index (κ3) is 1.99. The molecular formula is C8H9N3O2. The maximum absolute atomic E-state index is 11.1. The zero-order valence-electron chi connectivity index (χ0n) is 7.15. The number of esters is 1. The SMILES string of the molecule is C#CCOC(=O)c1cc(N)n(C)n1. The molecule has 68 valence electrons. The fourth-order valence-electron chi connectivity index (χ4n) is 0.763. The molecule has 0 fully saturated rings. The Morgan fingerprint density at radius 1 is 1.92 bits per heavy atom. The predicted octanol–water partition coefficient (Wildman–Crippen LogP) is -0.208. The smallest absolute Gasteiger partial charge is 0.359 e. The van der Waals surface area contributed by atoms with Crippen molar-refractivity contribution in [1.29, 1.82) is 0 Å². The van der Waals surface area contributed by atoms with Crippen molar-refractivity contribution in [1.82, 2.24) is 9.78 Å². The van der Waals surface area contributed by atoms with Gasteiger partial charge < -0.3 is 10.5 Å². The van der Waals surface area contributed by atoms with Crippen LogP contribution in [-0.4, -0.2) is 22.4 Å². The third-order valence-electron chi connectivity index (χ3n) is 1.41. The van der Waals surface area contributed by atoms with Crippen LogP contribution in [0.1, 0.15) is 10.5 Å². The van der Waals surface area contributed by atoms with Gasteiger partial charge in [-0.15, -0.1) is 6.42 Å². The number of anilines is 1. The minimum atomic E-state index is -0.565. The number of terminal acetylenes is 1. The van der Waals surface area contributed by atoms with Gasteiger partial charge in [-0.1, -0.05) is 5.92 Å². The maximum atomic E-state index is 11.1. The molecule has 0 aliphatic rings. The van der Waals surface area contributed by atoms with E-state index in [0.29, 0.717) is 5.82 Å². The number of aromatic nitrogens is 2. The zero-order chi connectivity index (χ0) is 9.84. The van der Waals surface area contributed by atoms with Crippen molar-refractivity contribution in [3.63, 3.8) is 0 Å². The second-order valence-electron chi connectivity index (χ2n) is 2.36. The second kappa shape index (κ2) is 3.63. The van der Waals surface area contributed by atoms with Gasteiger partial charge in [0.15, 0.2) is 12.3 Å². The molecule has 0 saturated heterocycles. The number of aryl methyl sites for hydroxylation is 1. The van der Waals surface area contributed by atoms with Gasteiger partial charge in [0, 0.05) is 13.1 Å². The van der Waals surface area contributed by atoms with Crippen LogP contribution in [0.15, 0.2) is 6.07 Å². The number of nitrogens with zero attached hydrogens (tertiary/aromatic N) is 2. The lowest BCUT2D eigenvalue weighted by molar-refractivity contribution is 0.0549. The van der Waals surface area contributed by atoms with Crippen LogP contribution >= 0.6 is 0 Å². The first-order valence-corrected chi connectivity index (χ1v) is 3.55. The number of nitrogen functional groups attached to an aromatic ring is 1. The number of hydrogen-bond acceptors (Lipinski definition) is 4. The van der Waals surface area contributed by atoms with Crippen LogP contribution in [0.3, 0.4) is 0 Å². The van der Waals surface area contributed by atoms with E-state index in [-0.39, 0.29) is 12.3 Å². The van der Waals surface area contributed by atoms with Crippen LogP contribution in [0, 0.1) is 12.3 Å². The third-order valence-corrected chi connectivity index (χ3v) is 1.41. The Hall–Kier alpha value is -1.96. The first-order chi connectivity index (χ1) is 6.15. The number of hydrogen-bond donors (Lipinski definition) is 1. The van der Waals surface area contributed by atoms with Crippen molar-refractivity contribution in [2.75, 3.05) is 12.3 Å². The fourth-order valence-corrected chi connectivity index (χ4v) is 0.763. The highest BCUT2D eigenvalue weighted by atomic mass is 16.5. The number of ether oxygens (including phenoxy) is 1. The van der Waals surface area contributed by atoms with Crippen molar-refractivity contribution in [3.8, 4) is 12.3 Å². The Morgan fingerprint density at radius 2 is 2.62 bits per heavy atom. The lowest BCUT2D eigenvalue weighted by Gasteiger charge is -1.94. The van der Waals surface area contributed by atoms with Gasteiger partial charge in [0.2, 0.25) is 0 Å². The Balaban J connectivity index is 2.73. The van der Waals surface area contributed by atoms with E-state index in [4.69, 9.17) is 12.2 Å². The van der Waals surface area contributed by atoms with Gasteiger partial charge in [0.25, 0.3) is 0 Å². The largest absolute Gasteiger partial charge is 0.448 e. The fraction of sp³-hybridized carbons (Fsp3) is 0.250. The van der Waals surface area contributed by atoms with Crippen LogP contribution < -0.4 is 5.73 Å². The summed E-state index contributed by atoms with van der Waals surface area (Å²) >= 11 is 0. The topological polar surface area (TPSA) is 70.1 Å².